The molecule has 0 saturated heterocycles. The summed E-state index contributed by atoms with van der Waals surface area (Å²) in [7, 11) is 0. The van der Waals surface area contributed by atoms with Crippen molar-refractivity contribution in [1.29, 1.82) is 5.26 Å². The molecule has 0 heterocycles. The first-order chi connectivity index (χ1) is 20.1. The van der Waals surface area contributed by atoms with Crippen LogP contribution < -0.4 is 15.4 Å². The topological polar surface area (TPSA) is 91.2 Å². The highest BCUT2D eigenvalue weighted by Gasteiger charge is 2.11. The van der Waals surface area contributed by atoms with E-state index in [0.717, 1.165) is 11.1 Å². The van der Waals surface area contributed by atoms with Gasteiger partial charge in [0.25, 0.3) is 11.8 Å². The number of ether oxygens (including phenoxy) is 1. The summed E-state index contributed by atoms with van der Waals surface area (Å²) in [5.41, 5.74) is 4.63. The van der Waals surface area contributed by atoms with E-state index in [-0.39, 0.29) is 11.8 Å². The zero-order valence-corrected chi connectivity index (χ0v) is 22.1. The third-order valence-corrected chi connectivity index (χ3v) is 6.32. The fourth-order valence-corrected chi connectivity index (χ4v) is 4.17. The number of rotatable bonds is 9. The smallest absolute Gasteiger partial charge is 0.257 e. The summed E-state index contributed by atoms with van der Waals surface area (Å²) in [4.78, 5) is 25.4. The van der Waals surface area contributed by atoms with Crippen molar-refractivity contribution in [2.45, 2.75) is 6.42 Å². The Kier molecular flexibility index (Phi) is 8.48. The van der Waals surface area contributed by atoms with Crippen molar-refractivity contribution in [2.75, 3.05) is 10.6 Å². The van der Waals surface area contributed by atoms with Crippen molar-refractivity contribution in [3.05, 3.63) is 162 Å². The zero-order chi connectivity index (χ0) is 28.4. The number of para-hydroxylation sites is 1. The van der Waals surface area contributed by atoms with Gasteiger partial charge in [0.05, 0.1) is 17.2 Å². The fourth-order valence-electron chi connectivity index (χ4n) is 4.17. The van der Waals surface area contributed by atoms with Gasteiger partial charge in [-0.25, -0.2) is 0 Å². The lowest BCUT2D eigenvalue weighted by Gasteiger charge is -2.10. The van der Waals surface area contributed by atoms with Crippen LogP contribution >= 0.6 is 0 Å². The second-order valence-electron chi connectivity index (χ2n) is 9.24. The van der Waals surface area contributed by atoms with Gasteiger partial charge >= 0.3 is 0 Å². The predicted octanol–water partition coefficient (Wildman–Crippen LogP) is 7.65. The molecule has 2 N–H and O–H groups in total. The van der Waals surface area contributed by atoms with Crippen LogP contribution in [-0.2, 0) is 6.42 Å². The van der Waals surface area contributed by atoms with Crippen LogP contribution in [0.15, 0.2) is 127 Å². The number of nitrogens with zero attached hydrogens (tertiary/aromatic N) is 1. The van der Waals surface area contributed by atoms with Crippen molar-refractivity contribution < 1.29 is 14.3 Å². The van der Waals surface area contributed by atoms with Crippen LogP contribution in [0.2, 0.25) is 0 Å². The number of carbonyl (C=O) groups is 2. The molecule has 0 aliphatic rings. The molecule has 6 heteroatoms. The molecule has 0 aliphatic heterocycles. The number of benzene rings is 5. The van der Waals surface area contributed by atoms with E-state index in [1.54, 1.807) is 42.5 Å². The number of carbonyl (C=O) groups excluding carboxylic acids is 2. The van der Waals surface area contributed by atoms with Crippen LogP contribution in [0.3, 0.4) is 0 Å². The van der Waals surface area contributed by atoms with Crippen molar-refractivity contribution in [3.8, 4) is 17.6 Å². The molecule has 5 rings (SSSR count). The van der Waals surface area contributed by atoms with Gasteiger partial charge in [0, 0.05) is 16.9 Å². The maximum absolute atomic E-state index is 12.8. The zero-order valence-electron chi connectivity index (χ0n) is 22.1. The quantitative estimate of drug-likeness (QED) is 0.202. The number of amides is 2. The first kappa shape index (κ1) is 26.9. The maximum atomic E-state index is 12.8. The Morgan fingerprint density at radius 1 is 0.683 bits per heavy atom. The van der Waals surface area contributed by atoms with Crippen LogP contribution in [0, 0.1) is 17.8 Å². The van der Waals surface area contributed by atoms with Gasteiger partial charge in [-0.2, -0.15) is 5.26 Å². The monoisotopic (exact) mass is 536 g/mol. The molecule has 0 saturated carbocycles. The summed E-state index contributed by atoms with van der Waals surface area (Å²) in [5.74, 6) is 0.761. The average molecular weight is 537 g/mol. The number of nitrogens with one attached hydrogen (secondary N) is 2. The molecule has 0 spiro atoms. The summed E-state index contributed by atoms with van der Waals surface area (Å²) in [5, 5.41) is 15.0. The standard InChI is InChI=1S/C35H26N3O3/c36-24-28-7-4-5-12-33(28)35(40)38-30-21-17-26(18-22-30)14-13-25-15-19-29(20-16-25)37-34(39)27-8-6-11-32(23-27)41-31-9-2-1-3-10-31/h1-13,15-23H,14H2,(H,37,39)(H,38,40). The average Bonchev–Trinajstić information content (AvgIpc) is 3.02. The third-order valence-electron chi connectivity index (χ3n) is 6.32. The van der Waals surface area contributed by atoms with Crippen LogP contribution in [0.25, 0.3) is 0 Å². The fraction of sp³-hybridized carbons (Fsp3) is 0.0286. The molecule has 5 aromatic rings. The van der Waals surface area contributed by atoms with Gasteiger partial charge in [0.2, 0.25) is 0 Å². The molecule has 199 valence electrons. The molecule has 0 aliphatic carbocycles. The van der Waals surface area contributed by atoms with Gasteiger partial charge in [-0.3, -0.25) is 9.59 Å². The third kappa shape index (κ3) is 7.25. The lowest BCUT2D eigenvalue weighted by atomic mass is 10.0. The first-order valence-corrected chi connectivity index (χ1v) is 13.0. The second-order valence-corrected chi connectivity index (χ2v) is 9.24. The van der Waals surface area contributed by atoms with E-state index in [2.05, 4.69) is 17.1 Å². The lowest BCUT2D eigenvalue weighted by Crippen LogP contribution is -2.13. The van der Waals surface area contributed by atoms with Crippen molar-refractivity contribution in [3.63, 3.8) is 0 Å². The highest BCUT2D eigenvalue weighted by atomic mass is 16.5. The van der Waals surface area contributed by atoms with E-state index in [4.69, 9.17) is 4.74 Å². The Hall–Kier alpha value is -5.67. The van der Waals surface area contributed by atoms with E-state index in [0.29, 0.717) is 46.0 Å². The molecule has 0 unspecified atom stereocenters. The Bertz CT molecular complexity index is 1690. The molecule has 2 amide bonds. The SMILES string of the molecule is N#Cc1ccccc1C(=O)Nc1ccc(C[CH]c2ccc(NC(=O)c3cccc(Oc4ccccc4)c3)cc2)cc1. The molecule has 0 aromatic heterocycles. The van der Waals surface area contributed by atoms with E-state index >= 15 is 0 Å². The molecule has 0 fully saturated rings. The van der Waals surface area contributed by atoms with Gasteiger partial charge < -0.3 is 15.4 Å². The molecule has 5 aromatic carbocycles. The van der Waals surface area contributed by atoms with E-state index in [1.807, 2.05) is 91.0 Å². The Morgan fingerprint density at radius 2 is 1.32 bits per heavy atom. The molecule has 1 radical (unpaired) electrons. The summed E-state index contributed by atoms with van der Waals surface area (Å²) < 4.78 is 5.84. The Morgan fingerprint density at radius 3 is 2.05 bits per heavy atom. The van der Waals surface area contributed by atoms with Crippen LogP contribution in [0.5, 0.6) is 11.5 Å². The Balaban J connectivity index is 1.12. The lowest BCUT2D eigenvalue weighted by molar-refractivity contribution is 0.101. The first-order valence-electron chi connectivity index (χ1n) is 13.0. The number of nitriles is 1. The molecule has 41 heavy (non-hydrogen) atoms. The van der Waals surface area contributed by atoms with E-state index < -0.39 is 0 Å². The molecular formula is C35H26N3O3. The molecule has 6 nitrogen and oxygen atoms in total. The van der Waals surface area contributed by atoms with E-state index in [1.165, 1.54) is 0 Å². The minimum Gasteiger partial charge on any atom is -0.457 e. The number of hydrogen-bond donors (Lipinski definition) is 2. The van der Waals surface area contributed by atoms with Crippen LogP contribution in [0.4, 0.5) is 11.4 Å². The normalized spacial score (nSPS) is 10.3. The molecular weight excluding hydrogens is 510 g/mol. The summed E-state index contributed by atoms with van der Waals surface area (Å²) in [6.45, 7) is 0. The second kappa shape index (κ2) is 12.9. The van der Waals surface area contributed by atoms with Crippen molar-refractivity contribution >= 4 is 23.2 Å². The highest BCUT2D eigenvalue weighted by molar-refractivity contribution is 6.06. The highest BCUT2D eigenvalue weighted by Crippen LogP contribution is 2.23. The molecule has 0 bridgehead atoms. The van der Waals surface area contributed by atoms with Gasteiger partial charge in [-0.05, 0) is 90.7 Å². The van der Waals surface area contributed by atoms with Crippen LogP contribution in [-0.4, -0.2) is 11.8 Å². The minimum atomic E-state index is -0.318. The van der Waals surface area contributed by atoms with Crippen LogP contribution in [0.1, 0.15) is 37.4 Å². The minimum absolute atomic E-state index is 0.219. The maximum Gasteiger partial charge on any atom is 0.257 e. The van der Waals surface area contributed by atoms with E-state index in [9.17, 15) is 14.9 Å². The predicted molar refractivity (Wildman–Crippen MR) is 160 cm³/mol. The van der Waals surface area contributed by atoms with Gasteiger partial charge in [-0.15, -0.1) is 0 Å². The van der Waals surface area contributed by atoms with Gasteiger partial charge in [0.1, 0.15) is 11.5 Å². The summed E-state index contributed by atoms with van der Waals surface area (Å²) >= 11 is 0. The number of anilines is 2. The largest absolute Gasteiger partial charge is 0.457 e. The van der Waals surface area contributed by atoms with Gasteiger partial charge in [-0.1, -0.05) is 60.7 Å². The molecule has 0 atom stereocenters. The van der Waals surface area contributed by atoms with Crippen molar-refractivity contribution in [2.24, 2.45) is 0 Å². The van der Waals surface area contributed by atoms with Gasteiger partial charge in [0.15, 0.2) is 0 Å². The summed E-state index contributed by atoms with van der Waals surface area (Å²) in [6.07, 6.45) is 2.79. The summed E-state index contributed by atoms with van der Waals surface area (Å²) in [6, 6.07) is 40.5. The van der Waals surface area contributed by atoms with Crippen molar-refractivity contribution in [1.82, 2.24) is 0 Å². The Labute approximate surface area is 238 Å². The number of hydrogen-bond acceptors (Lipinski definition) is 4.